The minimum absolute atomic E-state index is 0. The van der Waals surface area contributed by atoms with E-state index in [4.69, 9.17) is 50.7 Å². The van der Waals surface area contributed by atoms with E-state index in [0.29, 0.717) is 46.5 Å². The van der Waals surface area contributed by atoms with Crippen molar-refractivity contribution in [1.29, 1.82) is 11.1 Å². The Morgan fingerprint density at radius 1 is 0.354 bits per heavy atom. The Balaban J connectivity index is 0.000000269. The zero-order chi connectivity index (χ0) is 92.1. The van der Waals surface area contributed by atoms with Crippen LogP contribution in [0.3, 0.4) is 0 Å². The molecule has 0 radical (unpaired) electrons. The number of aryl methyl sites for hydroxylation is 11. The molecule has 6 amide bonds. The second-order valence-electron chi connectivity index (χ2n) is 29.3. The summed E-state index contributed by atoms with van der Waals surface area (Å²) >= 11 is 2.32. The summed E-state index contributed by atoms with van der Waals surface area (Å²) in [7, 11) is 1.00. The highest BCUT2D eigenvalue weighted by molar-refractivity contribution is 14.1. The average Bonchev–Trinajstić information content (AvgIpc) is 1.64. The number of terminal acetylenes is 2. The number of carbonyl (C=O) groups excluding carboxylic acids is 6. The second-order valence-corrected chi connectivity index (χ2v) is 30.5. The van der Waals surface area contributed by atoms with Gasteiger partial charge in [-0.2, -0.15) is 0 Å². The predicted molar refractivity (Wildman–Crippen MR) is 522 cm³/mol. The third kappa shape index (κ3) is 34.1. The lowest BCUT2D eigenvalue weighted by Gasteiger charge is -2.13. The van der Waals surface area contributed by atoms with Crippen LogP contribution in [0, 0.1) is 90.7 Å². The van der Waals surface area contributed by atoms with E-state index in [9.17, 15) is 28.8 Å². The third-order valence-electron chi connectivity index (χ3n) is 20.1. The molecule has 3 aliphatic rings. The number of aliphatic hydroxyl groups excluding tert-OH is 3. The molecule has 10 N–H and O–H groups in total. The molecular weight excluding hydrogens is 1690 g/mol. The van der Waals surface area contributed by atoms with Crippen LogP contribution in [0.2, 0.25) is 0 Å². The quantitative estimate of drug-likeness (QED) is 0.0154. The number of halogens is 1. The summed E-state index contributed by atoms with van der Waals surface area (Å²) < 4.78 is 1.34. The molecule has 0 unspecified atom stereocenters. The summed E-state index contributed by atoms with van der Waals surface area (Å²) in [6.07, 6.45) is 21.8. The Morgan fingerprint density at radius 2 is 0.654 bits per heavy atom. The summed E-state index contributed by atoms with van der Waals surface area (Å²) in [5.41, 5.74) is 44.2. The maximum Gasteiger partial charge on any atom is 0.261 e. The monoisotopic (exact) mass is 1810 g/mol. The van der Waals surface area contributed by atoms with Gasteiger partial charge in [0.15, 0.2) is 0 Å². The standard InChI is InChI=1S/C26H21NO2.C19H15NO2.C18H23N.C18H19N.C11H12O.C8H5NO2.C7H7I.C2H6O.CH4O.H2N2.H2/c1-19-8-2-3-12-22(19)16-15-21-10-6-9-20(18-21)11-7-17-27-25(28)23-13-4-5-14-24(23)26(27)29;1-2-14-7-5-8-15(13-14)9-6-12-20-18(21)16-10-3-4-11-17(16)19(20)22;2*1-15-6-2-3-10-18(15)12-11-17-8-4-7-16(14-17)9-5-13-19;1-2-10-5-3-6-11(9-10)7-4-8-12;10-7-5-3-1-2-4-6(5)8(11)9-7;1-6-4-2-3-5-7(6)8;1-2-3;2*1-2;/h2-6,8-10,12-14,18H,7,11,17H2,1H3;1,3-5,7-8,10-11,13H,6,9,12H2;2-4,6-8,10,14H,5,9,11-13,19H2,1H3;2-4,6-8,10,14H,5,9,13,19H2,1H3;1,3,5-6,9,12H,4,7-8H2;1-4H,(H,9,10,11);2-5H,1H3;3H,2H2,1H3;2H,1H3;1-2H;1H. The molecule has 0 aliphatic carbocycles. The number of benzene rings is 12. The van der Waals surface area contributed by atoms with Crippen LogP contribution in [-0.2, 0) is 44.9 Å². The summed E-state index contributed by atoms with van der Waals surface area (Å²) in [4.78, 5) is 73.9. The van der Waals surface area contributed by atoms with Gasteiger partial charge in [-0.25, -0.2) is 11.1 Å². The summed E-state index contributed by atoms with van der Waals surface area (Å²) in [5, 5.41) is 25.4. The van der Waals surface area contributed by atoms with Gasteiger partial charge in [-0.3, -0.25) is 43.9 Å². The SMILES string of the molecule is C#Cc1cccc(CCCN2C(=O)c3ccccc3C2=O)c1.C#Cc1cccc(CCCO)c1.CCO.CO.Cc1ccccc1C#Cc1cccc(CCCN)c1.Cc1ccccc1C#Cc1cccc(CCCN2C(=O)c3ccccc3C2=O)c1.Cc1ccccc1CCc1cccc(CCCN)c1.Cc1ccccc1I.N=N.O=C1NC(=O)c2ccccc21.[HH]. The van der Waals surface area contributed by atoms with E-state index < -0.39 is 0 Å². The smallest absolute Gasteiger partial charge is 0.261 e. The number of rotatable bonds is 20. The van der Waals surface area contributed by atoms with Gasteiger partial charge < -0.3 is 26.8 Å². The Morgan fingerprint density at radius 3 is 1.00 bits per heavy atom. The van der Waals surface area contributed by atoms with Crippen molar-refractivity contribution < 1.29 is 45.5 Å². The maximum atomic E-state index is 12.4. The van der Waals surface area contributed by atoms with Crippen molar-refractivity contribution in [2.45, 2.75) is 112 Å². The third-order valence-corrected chi connectivity index (χ3v) is 21.3. The molecule has 0 atom stereocenters. The molecule has 12 aromatic rings. The van der Waals surface area contributed by atoms with Crippen LogP contribution in [-0.4, -0.2) is 107 Å². The van der Waals surface area contributed by atoms with Crippen LogP contribution in [0.1, 0.15) is 197 Å². The molecule has 127 heavy (non-hydrogen) atoms. The predicted octanol–water partition coefficient (Wildman–Crippen LogP) is 19.7. The van der Waals surface area contributed by atoms with Crippen molar-refractivity contribution in [3.8, 4) is 48.4 Å². The molecule has 0 spiro atoms. The molecule has 0 fully saturated rings. The number of carbonyl (C=O) groups is 6. The van der Waals surface area contributed by atoms with Crippen molar-refractivity contribution in [2.75, 3.05) is 46.5 Å². The number of hydrogen-bond donors (Lipinski definition) is 8. The molecule has 3 heterocycles. The van der Waals surface area contributed by atoms with Gasteiger partial charge in [-0.05, 0) is 312 Å². The van der Waals surface area contributed by atoms with Crippen LogP contribution < -0.4 is 16.8 Å². The number of nitrogens with one attached hydrogen (secondary N) is 3. The first-order valence-electron chi connectivity index (χ1n) is 42.2. The minimum Gasteiger partial charge on any atom is -0.400 e. The zero-order valence-corrected chi connectivity index (χ0v) is 75.5. The highest BCUT2D eigenvalue weighted by Gasteiger charge is 2.36. The Hall–Kier alpha value is -13.6. The fourth-order valence-corrected chi connectivity index (χ4v) is 13.8. The van der Waals surface area contributed by atoms with E-state index in [1.807, 2.05) is 91.0 Å². The molecule has 17 heteroatoms. The van der Waals surface area contributed by atoms with E-state index in [1.165, 1.54) is 57.9 Å². The first kappa shape index (κ1) is 102. The highest BCUT2D eigenvalue weighted by Crippen LogP contribution is 2.26. The fraction of sp³-hybridized carbons (Fsp3) is 0.218. The second kappa shape index (κ2) is 57.8. The molecule has 15 rings (SSSR count). The van der Waals surface area contributed by atoms with Crippen molar-refractivity contribution in [3.63, 3.8) is 0 Å². The van der Waals surface area contributed by atoms with E-state index >= 15 is 0 Å². The van der Waals surface area contributed by atoms with Gasteiger partial charge in [0.25, 0.3) is 35.4 Å². The summed E-state index contributed by atoms with van der Waals surface area (Å²) in [6, 6.07) is 95.0. The van der Waals surface area contributed by atoms with Crippen molar-refractivity contribution in [1.82, 2.24) is 15.1 Å². The number of aliphatic hydroxyl groups is 3. The van der Waals surface area contributed by atoms with E-state index in [-0.39, 0.29) is 50.1 Å². The first-order chi connectivity index (χ1) is 61.8. The van der Waals surface area contributed by atoms with Gasteiger partial charge in [0.1, 0.15) is 0 Å². The maximum absolute atomic E-state index is 12.4. The van der Waals surface area contributed by atoms with Crippen LogP contribution in [0.4, 0.5) is 0 Å². The number of amides is 6. The van der Waals surface area contributed by atoms with E-state index in [1.54, 1.807) is 79.7 Å². The van der Waals surface area contributed by atoms with Gasteiger partial charge in [-0.1, -0.05) is 224 Å². The number of hydrogen-bond acceptors (Lipinski definition) is 13. The molecule has 652 valence electrons. The van der Waals surface area contributed by atoms with E-state index in [0.717, 1.165) is 147 Å². The van der Waals surface area contributed by atoms with Crippen molar-refractivity contribution in [3.05, 3.63) is 423 Å². The molecule has 16 nitrogen and oxygen atoms in total. The molecule has 3 aliphatic heterocycles. The number of nitrogens with zero attached hydrogens (tertiary/aromatic N) is 2. The Bertz CT molecular complexity index is 5680. The van der Waals surface area contributed by atoms with Crippen LogP contribution in [0.5, 0.6) is 0 Å². The Labute approximate surface area is 765 Å². The fourth-order valence-electron chi connectivity index (χ4n) is 13.4. The molecule has 12 aromatic carbocycles. The van der Waals surface area contributed by atoms with Crippen LogP contribution in [0.25, 0.3) is 0 Å². The van der Waals surface area contributed by atoms with Gasteiger partial charge in [-0.15, -0.1) is 12.8 Å². The number of nitrogens with two attached hydrogens (primary N) is 2. The molecule has 0 saturated carbocycles. The minimum atomic E-state index is -0.300. The number of imide groups is 3. The van der Waals surface area contributed by atoms with Crippen LogP contribution in [0.15, 0.2) is 291 Å². The number of fused-ring (bicyclic) bond motifs is 3. The molecular formula is C110H116IN7O9. The lowest BCUT2D eigenvalue weighted by atomic mass is 9.99. The molecule has 0 saturated heterocycles. The van der Waals surface area contributed by atoms with Gasteiger partial charge >= 0.3 is 0 Å². The largest absolute Gasteiger partial charge is 0.400 e. The summed E-state index contributed by atoms with van der Waals surface area (Å²) in [5.74, 6) is 16.7. The molecule has 0 bridgehead atoms. The lowest BCUT2D eigenvalue weighted by Crippen LogP contribution is -2.30. The summed E-state index contributed by atoms with van der Waals surface area (Å²) in [6.45, 7) is 13.0. The van der Waals surface area contributed by atoms with Crippen molar-refractivity contribution >= 4 is 58.0 Å². The van der Waals surface area contributed by atoms with Gasteiger partial charge in [0.2, 0.25) is 0 Å². The first-order valence-corrected chi connectivity index (χ1v) is 43.3. The van der Waals surface area contributed by atoms with Gasteiger partial charge in [0.05, 0.1) is 33.4 Å². The van der Waals surface area contributed by atoms with Crippen LogP contribution >= 0.6 is 22.6 Å². The zero-order valence-electron chi connectivity index (χ0n) is 73.3. The lowest BCUT2D eigenvalue weighted by molar-refractivity contribution is 0.0637. The van der Waals surface area contributed by atoms with Crippen molar-refractivity contribution in [2.24, 2.45) is 11.5 Å². The normalized spacial score (nSPS) is 11.1. The average molecular weight is 1810 g/mol. The van der Waals surface area contributed by atoms with Gasteiger partial charge in [0, 0.05) is 71.8 Å². The topological polar surface area (TPSA) is 281 Å². The Kier molecular flexibility index (Phi) is 46.5. The highest BCUT2D eigenvalue weighted by atomic mass is 127. The molecule has 0 aromatic heterocycles. The van der Waals surface area contributed by atoms with E-state index in [2.05, 4.69) is 219 Å².